The van der Waals surface area contributed by atoms with Crippen LogP contribution in [0.1, 0.15) is 20.8 Å². The van der Waals surface area contributed by atoms with Crippen LogP contribution in [0.4, 0.5) is 0 Å². The van der Waals surface area contributed by atoms with Gasteiger partial charge in [0.05, 0.1) is 12.1 Å². The van der Waals surface area contributed by atoms with E-state index in [1.165, 1.54) is 5.70 Å². The van der Waals surface area contributed by atoms with E-state index in [2.05, 4.69) is 53.4 Å². The number of carbonyl (C=O) groups is 1. The molecule has 4 rings (SSSR count). The van der Waals surface area contributed by atoms with Gasteiger partial charge in [0.15, 0.2) is 0 Å². The summed E-state index contributed by atoms with van der Waals surface area (Å²) < 4.78 is 0. The van der Waals surface area contributed by atoms with E-state index in [1.807, 2.05) is 0 Å². The van der Waals surface area contributed by atoms with Crippen molar-refractivity contribution in [1.82, 2.24) is 15.5 Å². The predicted molar refractivity (Wildman–Crippen MR) is 86.4 cm³/mol. The highest BCUT2D eigenvalue weighted by Gasteiger charge is 2.57. The van der Waals surface area contributed by atoms with E-state index in [4.69, 9.17) is 0 Å². The molecule has 0 spiro atoms. The maximum atomic E-state index is 12.6. The highest BCUT2D eigenvalue weighted by molar-refractivity contribution is 6.04. The zero-order valence-electron chi connectivity index (χ0n) is 13.5. The molecule has 5 heteroatoms. The number of hydrogen-bond acceptors (Lipinski definition) is 4. The quantitative estimate of drug-likeness (QED) is 0.814. The van der Waals surface area contributed by atoms with E-state index in [0.717, 1.165) is 37.6 Å². The standard InChI is InChI=1S/C17H24N4O/c1-10-4-5-13(15-19-6-7-21(10)15)17(2,3)20-16(22)14-11-8-18-9-12(11)14/h4-5,11-12,14,18H,6-9H2,1-3H3,(H,20,22)/t11-,12+,14?. The summed E-state index contributed by atoms with van der Waals surface area (Å²) in [6.07, 6.45) is 4.24. The molecule has 1 saturated heterocycles. The zero-order chi connectivity index (χ0) is 15.5. The molecule has 1 aliphatic carbocycles. The normalized spacial score (nSPS) is 32.8. The summed E-state index contributed by atoms with van der Waals surface area (Å²) in [5.41, 5.74) is 1.96. The van der Waals surface area contributed by atoms with Gasteiger partial charge >= 0.3 is 0 Å². The molecule has 1 saturated carbocycles. The Morgan fingerprint density at radius 1 is 1.36 bits per heavy atom. The van der Waals surface area contributed by atoms with Gasteiger partial charge in [0.25, 0.3) is 0 Å². The Balaban J connectivity index is 1.52. The van der Waals surface area contributed by atoms with Crippen molar-refractivity contribution in [2.45, 2.75) is 26.3 Å². The number of hydrogen-bond donors (Lipinski definition) is 2. The maximum absolute atomic E-state index is 12.6. The van der Waals surface area contributed by atoms with Gasteiger partial charge in [-0.3, -0.25) is 9.79 Å². The number of fused-ring (bicyclic) bond motifs is 2. The number of nitrogens with one attached hydrogen (secondary N) is 2. The summed E-state index contributed by atoms with van der Waals surface area (Å²) in [6.45, 7) is 10.0. The molecule has 3 heterocycles. The van der Waals surface area contributed by atoms with Crippen molar-refractivity contribution in [1.29, 1.82) is 0 Å². The fourth-order valence-electron chi connectivity index (χ4n) is 4.14. The van der Waals surface area contributed by atoms with Gasteiger partial charge in [-0.05, 0) is 51.8 Å². The lowest BCUT2D eigenvalue weighted by Gasteiger charge is -2.35. The lowest BCUT2D eigenvalue weighted by molar-refractivity contribution is -0.124. The van der Waals surface area contributed by atoms with E-state index < -0.39 is 0 Å². The van der Waals surface area contributed by atoms with Crippen LogP contribution in [0.5, 0.6) is 0 Å². The number of rotatable bonds is 3. The van der Waals surface area contributed by atoms with Gasteiger partial charge in [0, 0.05) is 23.7 Å². The molecule has 0 aromatic heterocycles. The van der Waals surface area contributed by atoms with E-state index in [1.54, 1.807) is 0 Å². The first-order valence-electron chi connectivity index (χ1n) is 8.23. The number of aliphatic imine (C=N–C) groups is 1. The first-order valence-corrected chi connectivity index (χ1v) is 8.23. The Morgan fingerprint density at radius 2 is 2.09 bits per heavy atom. The van der Waals surface area contributed by atoms with Crippen LogP contribution >= 0.6 is 0 Å². The van der Waals surface area contributed by atoms with Gasteiger partial charge in [-0.25, -0.2) is 0 Å². The van der Waals surface area contributed by atoms with Gasteiger partial charge in [0.2, 0.25) is 5.91 Å². The average molecular weight is 300 g/mol. The largest absolute Gasteiger partial charge is 0.347 e. The zero-order valence-corrected chi connectivity index (χ0v) is 13.5. The van der Waals surface area contributed by atoms with Crippen molar-refractivity contribution in [2.24, 2.45) is 22.7 Å². The number of amidine groups is 1. The molecule has 1 unspecified atom stereocenters. The Bertz CT molecular complexity index is 606. The van der Waals surface area contributed by atoms with E-state index in [-0.39, 0.29) is 17.4 Å². The van der Waals surface area contributed by atoms with Crippen molar-refractivity contribution >= 4 is 11.7 Å². The first-order chi connectivity index (χ1) is 10.5. The van der Waals surface area contributed by atoms with Crippen LogP contribution in [0.3, 0.4) is 0 Å². The lowest BCUT2D eigenvalue weighted by Crippen LogP contribution is -2.50. The van der Waals surface area contributed by atoms with E-state index >= 15 is 0 Å². The van der Waals surface area contributed by atoms with Gasteiger partial charge < -0.3 is 15.5 Å². The predicted octanol–water partition coefficient (Wildman–Crippen LogP) is 0.905. The van der Waals surface area contributed by atoms with Gasteiger partial charge in [-0.2, -0.15) is 0 Å². The van der Waals surface area contributed by atoms with Crippen LogP contribution in [0, 0.1) is 17.8 Å². The summed E-state index contributed by atoms with van der Waals surface area (Å²) in [5.74, 6) is 2.56. The molecule has 3 aliphatic heterocycles. The second-order valence-electron chi connectivity index (χ2n) is 7.37. The SMILES string of the molecule is CC1=CC=C(C(C)(C)NC(=O)C2[C@H]3CNC[C@@H]23)C2=NCCN12. The summed E-state index contributed by atoms with van der Waals surface area (Å²) in [6, 6.07) is 0. The average Bonchev–Trinajstić information content (AvgIpc) is 2.85. The third kappa shape index (κ3) is 2.02. The summed E-state index contributed by atoms with van der Waals surface area (Å²) in [4.78, 5) is 19.5. The molecule has 5 nitrogen and oxygen atoms in total. The fraction of sp³-hybridized carbons (Fsp3) is 0.647. The van der Waals surface area contributed by atoms with Crippen LogP contribution in [0.2, 0.25) is 0 Å². The number of nitrogens with zero attached hydrogens (tertiary/aromatic N) is 2. The highest BCUT2D eigenvalue weighted by Crippen LogP contribution is 2.49. The Hall–Kier alpha value is -1.62. The van der Waals surface area contributed by atoms with E-state index in [9.17, 15) is 4.79 Å². The van der Waals surface area contributed by atoms with Crippen LogP contribution in [-0.2, 0) is 4.79 Å². The lowest BCUT2D eigenvalue weighted by atomic mass is 9.89. The topological polar surface area (TPSA) is 56.7 Å². The van der Waals surface area contributed by atoms with Crippen LogP contribution < -0.4 is 10.6 Å². The molecular formula is C17H24N4O. The summed E-state index contributed by atoms with van der Waals surface area (Å²) in [7, 11) is 0. The third-order valence-corrected chi connectivity index (χ3v) is 5.50. The molecule has 2 N–H and O–H groups in total. The second-order valence-corrected chi connectivity index (χ2v) is 7.37. The Kier molecular flexibility index (Phi) is 2.98. The number of carbonyl (C=O) groups excluding carboxylic acids is 1. The minimum atomic E-state index is -0.389. The van der Waals surface area contributed by atoms with Crippen molar-refractivity contribution in [3.05, 3.63) is 23.4 Å². The molecule has 118 valence electrons. The summed E-state index contributed by atoms with van der Waals surface area (Å²) in [5, 5.41) is 6.62. The van der Waals surface area contributed by atoms with Crippen molar-refractivity contribution in [3.8, 4) is 0 Å². The highest BCUT2D eigenvalue weighted by atomic mass is 16.2. The van der Waals surface area contributed by atoms with E-state index in [0.29, 0.717) is 11.8 Å². The summed E-state index contributed by atoms with van der Waals surface area (Å²) >= 11 is 0. The number of allylic oxidation sites excluding steroid dienone is 3. The van der Waals surface area contributed by atoms with Crippen molar-refractivity contribution in [2.75, 3.05) is 26.2 Å². The van der Waals surface area contributed by atoms with Crippen LogP contribution in [-0.4, -0.2) is 48.4 Å². The smallest absolute Gasteiger partial charge is 0.224 e. The number of amides is 1. The monoisotopic (exact) mass is 300 g/mol. The molecule has 0 bridgehead atoms. The van der Waals surface area contributed by atoms with Crippen LogP contribution in [0.25, 0.3) is 0 Å². The molecular weight excluding hydrogens is 276 g/mol. The Labute approximate surface area is 131 Å². The van der Waals surface area contributed by atoms with Gasteiger partial charge in [-0.15, -0.1) is 0 Å². The molecule has 22 heavy (non-hydrogen) atoms. The first kappa shape index (κ1) is 14.0. The molecule has 1 amide bonds. The maximum Gasteiger partial charge on any atom is 0.224 e. The molecule has 2 fully saturated rings. The van der Waals surface area contributed by atoms with Crippen molar-refractivity contribution in [3.63, 3.8) is 0 Å². The minimum Gasteiger partial charge on any atom is -0.347 e. The van der Waals surface area contributed by atoms with Gasteiger partial charge in [-0.1, -0.05) is 6.08 Å². The van der Waals surface area contributed by atoms with Gasteiger partial charge in [0.1, 0.15) is 5.84 Å². The molecule has 0 aromatic rings. The molecule has 0 aromatic carbocycles. The van der Waals surface area contributed by atoms with Crippen molar-refractivity contribution < 1.29 is 4.79 Å². The Morgan fingerprint density at radius 3 is 2.82 bits per heavy atom. The fourth-order valence-corrected chi connectivity index (χ4v) is 4.14. The minimum absolute atomic E-state index is 0.207. The molecule has 0 radical (unpaired) electrons. The number of piperidine rings is 1. The third-order valence-electron chi connectivity index (χ3n) is 5.50. The second kappa shape index (κ2) is 4.69. The molecule has 3 atom stereocenters. The molecule has 4 aliphatic rings. The van der Waals surface area contributed by atoms with Crippen LogP contribution in [0.15, 0.2) is 28.4 Å².